The summed E-state index contributed by atoms with van der Waals surface area (Å²) in [5, 5.41) is 16.7. The Balaban J connectivity index is 1.91. The molecule has 1 N–H and O–H groups in total. The van der Waals surface area contributed by atoms with Crippen LogP contribution in [0.15, 0.2) is 48.5 Å². The monoisotopic (exact) mass is 381 g/mol. The molecular formula is C17H11F4N3O3. The van der Waals surface area contributed by atoms with Gasteiger partial charge in [0.1, 0.15) is 17.3 Å². The number of carboxylic acids is 1. The van der Waals surface area contributed by atoms with Crippen LogP contribution < -0.4 is 4.74 Å². The maximum absolute atomic E-state index is 13.1. The number of alkyl halides is 3. The van der Waals surface area contributed by atoms with Crippen LogP contribution in [0.1, 0.15) is 16.1 Å². The van der Waals surface area contributed by atoms with E-state index in [0.717, 1.165) is 12.1 Å². The molecule has 3 aromatic rings. The van der Waals surface area contributed by atoms with Crippen LogP contribution in [-0.4, -0.2) is 32.4 Å². The van der Waals surface area contributed by atoms with E-state index in [1.165, 1.54) is 41.1 Å². The number of carbonyl (C=O) groups is 1. The molecule has 0 aliphatic carbocycles. The van der Waals surface area contributed by atoms with Crippen LogP contribution in [0.25, 0.3) is 11.3 Å². The molecule has 0 spiro atoms. The number of nitrogens with zero attached hydrogens (tertiary/aromatic N) is 3. The minimum absolute atomic E-state index is 0.0410. The fourth-order valence-electron chi connectivity index (χ4n) is 2.43. The highest BCUT2D eigenvalue weighted by atomic mass is 19.4. The molecule has 0 aliphatic rings. The standard InChI is InChI=1S/C17H11F4N3O3/c18-12-5-3-11(4-6-12)15-14(16(25)26)22-23-24(15)9-10-1-7-13(8-2-10)27-17(19,20)21/h1-8H,9H2,(H,25,26). The van der Waals surface area contributed by atoms with E-state index in [0.29, 0.717) is 11.1 Å². The van der Waals surface area contributed by atoms with Crippen LogP contribution in [-0.2, 0) is 6.54 Å². The van der Waals surface area contributed by atoms with Crippen molar-refractivity contribution in [2.45, 2.75) is 12.9 Å². The summed E-state index contributed by atoms with van der Waals surface area (Å²) in [7, 11) is 0. The van der Waals surface area contributed by atoms with Gasteiger partial charge in [-0.1, -0.05) is 17.3 Å². The second-order valence-corrected chi connectivity index (χ2v) is 5.45. The van der Waals surface area contributed by atoms with E-state index in [9.17, 15) is 27.5 Å². The van der Waals surface area contributed by atoms with E-state index < -0.39 is 18.1 Å². The van der Waals surface area contributed by atoms with Gasteiger partial charge >= 0.3 is 12.3 Å². The molecule has 2 aromatic carbocycles. The van der Waals surface area contributed by atoms with E-state index in [2.05, 4.69) is 15.0 Å². The Morgan fingerprint density at radius 3 is 2.26 bits per heavy atom. The van der Waals surface area contributed by atoms with Gasteiger partial charge in [-0.25, -0.2) is 13.9 Å². The summed E-state index contributed by atoms with van der Waals surface area (Å²) in [5.41, 5.74) is 0.752. The molecule has 0 atom stereocenters. The molecule has 27 heavy (non-hydrogen) atoms. The van der Waals surface area contributed by atoms with Gasteiger partial charge in [0.05, 0.1) is 6.54 Å². The first-order valence-corrected chi connectivity index (χ1v) is 7.50. The number of rotatable bonds is 5. The number of hydrogen-bond donors (Lipinski definition) is 1. The summed E-state index contributed by atoms with van der Waals surface area (Å²) in [6.07, 6.45) is -4.79. The predicted molar refractivity (Wildman–Crippen MR) is 84.6 cm³/mol. The van der Waals surface area contributed by atoms with Crippen LogP contribution in [0.4, 0.5) is 17.6 Å². The molecule has 140 valence electrons. The lowest BCUT2D eigenvalue weighted by Gasteiger charge is -2.10. The van der Waals surface area contributed by atoms with Crippen LogP contribution in [0, 0.1) is 5.82 Å². The third kappa shape index (κ3) is 4.40. The summed E-state index contributed by atoms with van der Waals surface area (Å²) in [6.45, 7) is 0.0410. The number of ether oxygens (including phenoxy) is 1. The molecule has 0 bridgehead atoms. The zero-order valence-corrected chi connectivity index (χ0v) is 13.4. The number of halogens is 4. The highest BCUT2D eigenvalue weighted by Gasteiger charge is 2.31. The first-order chi connectivity index (χ1) is 12.7. The van der Waals surface area contributed by atoms with Crippen molar-refractivity contribution in [2.75, 3.05) is 0 Å². The molecule has 0 unspecified atom stereocenters. The molecule has 1 heterocycles. The molecule has 3 rings (SSSR count). The fourth-order valence-corrected chi connectivity index (χ4v) is 2.43. The Kier molecular flexibility index (Phi) is 4.80. The van der Waals surface area contributed by atoms with Gasteiger partial charge in [0, 0.05) is 5.56 Å². The van der Waals surface area contributed by atoms with Gasteiger partial charge in [0.15, 0.2) is 5.69 Å². The van der Waals surface area contributed by atoms with Gasteiger partial charge in [-0.15, -0.1) is 18.3 Å². The van der Waals surface area contributed by atoms with Gasteiger partial charge < -0.3 is 9.84 Å². The molecule has 0 aliphatic heterocycles. The Morgan fingerprint density at radius 2 is 1.70 bits per heavy atom. The number of carboxylic acid groups (broad SMARTS) is 1. The minimum Gasteiger partial charge on any atom is -0.476 e. The number of aromatic carboxylic acids is 1. The summed E-state index contributed by atoms with van der Waals surface area (Å²) in [4.78, 5) is 11.4. The van der Waals surface area contributed by atoms with Gasteiger partial charge in [0.25, 0.3) is 0 Å². The fraction of sp³-hybridized carbons (Fsp3) is 0.118. The second kappa shape index (κ2) is 7.06. The van der Waals surface area contributed by atoms with E-state index in [1.54, 1.807) is 0 Å². The number of hydrogen-bond acceptors (Lipinski definition) is 4. The summed E-state index contributed by atoms with van der Waals surface area (Å²) in [6, 6.07) is 10.2. The van der Waals surface area contributed by atoms with Crippen LogP contribution in [0.3, 0.4) is 0 Å². The Hall–Kier alpha value is -3.43. The summed E-state index contributed by atoms with van der Waals surface area (Å²) >= 11 is 0. The van der Waals surface area contributed by atoms with Crippen molar-refractivity contribution in [1.82, 2.24) is 15.0 Å². The number of benzene rings is 2. The van der Waals surface area contributed by atoms with Crippen LogP contribution in [0.2, 0.25) is 0 Å². The topological polar surface area (TPSA) is 77.2 Å². The highest BCUT2D eigenvalue weighted by molar-refractivity contribution is 5.92. The molecule has 0 saturated heterocycles. The predicted octanol–water partition coefficient (Wildman–Crippen LogP) is 3.73. The smallest absolute Gasteiger partial charge is 0.476 e. The molecule has 0 saturated carbocycles. The van der Waals surface area contributed by atoms with Crippen molar-refractivity contribution in [3.8, 4) is 17.0 Å². The van der Waals surface area contributed by atoms with Crippen molar-refractivity contribution >= 4 is 5.97 Å². The molecule has 10 heteroatoms. The average molecular weight is 381 g/mol. The van der Waals surface area contributed by atoms with Crippen molar-refractivity contribution in [2.24, 2.45) is 0 Å². The van der Waals surface area contributed by atoms with Gasteiger partial charge in [0.2, 0.25) is 0 Å². The average Bonchev–Trinajstić information content (AvgIpc) is 3.00. The zero-order chi connectivity index (χ0) is 19.6. The highest BCUT2D eigenvalue weighted by Crippen LogP contribution is 2.25. The van der Waals surface area contributed by atoms with Crippen molar-refractivity contribution < 1.29 is 32.2 Å². The third-order valence-electron chi connectivity index (χ3n) is 3.54. The van der Waals surface area contributed by atoms with Crippen molar-refractivity contribution in [3.63, 3.8) is 0 Å². The van der Waals surface area contributed by atoms with Crippen LogP contribution >= 0.6 is 0 Å². The van der Waals surface area contributed by atoms with E-state index in [1.807, 2.05) is 0 Å². The Labute approximate surface area is 149 Å². The van der Waals surface area contributed by atoms with E-state index >= 15 is 0 Å². The number of aromatic nitrogens is 3. The third-order valence-corrected chi connectivity index (χ3v) is 3.54. The van der Waals surface area contributed by atoms with E-state index in [4.69, 9.17) is 0 Å². The molecular weight excluding hydrogens is 370 g/mol. The van der Waals surface area contributed by atoms with E-state index in [-0.39, 0.29) is 23.7 Å². The second-order valence-electron chi connectivity index (χ2n) is 5.45. The molecule has 0 amide bonds. The largest absolute Gasteiger partial charge is 0.573 e. The van der Waals surface area contributed by atoms with Gasteiger partial charge in [-0.3, -0.25) is 0 Å². The first kappa shape index (κ1) is 18.4. The molecule has 1 aromatic heterocycles. The summed E-state index contributed by atoms with van der Waals surface area (Å²) < 4.78 is 54.8. The van der Waals surface area contributed by atoms with Gasteiger partial charge in [-0.05, 0) is 42.0 Å². The summed E-state index contributed by atoms with van der Waals surface area (Å²) in [5.74, 6) is -2.18. The zero-order valence-electron chi connectivity index (χ0n) is 13.4. The lowest BCUT2D eigenvalue weighted by atomic mass is 10.1. The molecule has 6 nitrogen and oxygen atoms in total. The lowest BCUT2D eigenvalue weighted by molar-refractivity contribution is -0.274. The maximum Gasteiger partial charge on any atom is 0.573 e. The Bertz CT molecular complexity index is 951. The maximum atomic E-state index is 13.1. The van der Waals surface area contributed by atoms with Gasteiger partial charge in [-0.2, -0.15) is 0 Å². The van der Waals surface area contributed by atoms with Crippen molar-refractivity contribution in [3.05, 3.63) is 65.6 Å². The normalized spacial score (nSPS) is 11.4. The molecule has 0 fully saturated rings. The minimum atomic E-state index is -4.79. The van der Waals surface area contributed by atoms with Crippen molar-refractivity contribution in [1.29, 1.82) is 0 Å². The SMILES string of the molecule is O=C(O)c1nnn(Cc2ccc(OC(F)(F)F)cc2)c1-c1ccc(F)cc1. The molecule has 0 radical (unpaired) electrons. The first-order valence-electron chi connectivity index (χ1n) is 7.50. The Morgan fingerprint density at radius 1 is 1.07 bits per heavy atom. The quantitative estimate of drug-likeness (QED) is 0.682. The van der Waals surface area contributed by atoms with Crippen LogP contribution in [0.5, 0.6) is 5.75 Å². The lowest BCUT2D eigenvalue weighted by Crippen LogP contribution is -2.17.